The molecule has 8 aromatic carbocycles. The number of ether oxygens (including phenoxy) is 1. The Kier molecular flexibility index (Phi) is 7.90. The fourth-order valence-corrected chi connectivity index (χ4v) is 9.77. The van der Waals surface area contributed by atoms with Crippen LogP contribution in [0, 0.1) is 0 Å². The molecule has 0 saturated carbocycles. The number of hydrogen-bond acceptors (Lipinski definition) is 4. The van der Waals surface area contributed by atoms with Crippen molar-refractivity contribution in [2.45, 2.75) is 52.4 Å². The number of benzene rings is 8. The minimum atomic E-state index is -0.419. The summed E-state index contributed by atoms with van der Waals surface area (Å²) in [5.74, 6) is 0.975. The normalized spacial score (nSPS) is 14.5. The van der Waals surface area contributed by atoms with E-state index in [9.17, 15) is 5.48 Å². The van der Waals surface area contributed by atoms with Gasteiger partial charge in [0.05, 0.1) is 42.0 Å². The lowest BCUT2D eigenvalue weighted by Gasteiger charge is -2.29. The maximum absolute atomic E-state index is 9.69. The van der Waals surface area contributed by atoms with Crippen LogP contribution in [0.5, 0.6) is 11.5 Å². The number of hydrogen-bond donors (Lipinski definition) is 0. The van der Waals surface area contributed by atoms with E-state index in [1.165, 1.54) is 0 Å². The average molecular weight is 875 g/mol. The van der Waals surface area contributed by atoms with Gasteiger partial charge >= 0.3 is 0 Å². The second kappa shape index (κ2) is 15.4. The quantitative estimate of drug-likeness (QED) is 0.165. The third-order valence-corrected chi connectivity index (χ3v) is 13.2. The summed E-state index contributed by atoms with van der Waals surface area (Å²) >= 11 is 0. The number of rotatable bonds is 1. The molecule has 0 atom stereocenters. The van der Waals surface area contributed by atoms with Crippen LogP contribution in [-0.2, 0) is 10.8 Å². The number of anilines is 4. The zero-order valence-corrected chi connectivity index (χ0v) is 38.4. The molecule has 5 heteroatoms. The van der Waals surface area contributed by atoms with E-state index in [0.717, 1.165) is 72.8 Å². The smallest absolute Gasteiger partial charge is 0.138 e. The molecule has 2 aliphatic rings. The predicted octanol–water partition coefficient (Wildman–Crippen LogP) is 16.8. The van der Waals surface area contributed by atoms with Crippen molar-refractivity contribution in [1.82, 2.24) is 9.55 Å². The molecular weight excluding hydrogens is 817 g/mol. The fourth-order valence-electron chi connectivity index (χ4n) is 9.77. The molecule has 2 aliphatic heterocycles. The van der Waals surface area contributed by atoms with Gasteiger partial charge in [-0.25, -0.2) is 4.98 Å². The van der Waals surface area contributed by atoms with Crippen molar-refractivity contribution in [3.05, 3.63) is 205 Å². The molecule has 326 valence electrons. The van der Waals surface area contributed by atoms with Crippen molar-refractivity contribution in [2.75, 3.05) is 16.5 Å². The monoisotopic (exact) mass is 874 g/mol. The van der Waals surface area contributed by atoms with Gasteiger partial charge in [0.2, 0.25) is 0 Å². The zero-order valence-electron chi connectivity index (χ0n) is 44.4. The van der Waals surface area contributed by atoms with E-state index < -0.39 is 12.1 Å². The standard InChI is InChI=1S/C62H52N4O/c1-61(2,3)43-33-45-37-47(34-43)67-46-30-31-52-51-24-12-13-27-55(51)66(58(52)38-46)59-36-44(62(4,5)6)35-54(63-59)42-21-16-20-41(32-42)48-22-10-11-23-50(48)53-26-17-25-49(40-18-8-7-9-19-40)60(53)65-39-64(45)56-28-14-15-29-57(56)65/h7-38H,39H2,1-6H3/i12D,13D,24D,27D,30D,31D. The van der Waals surface area contributed by atoms with Gasteiger partial charge in [0, 0.05) is 45.3 Å². The highest BCUT2D eigenvalue weighted by Crippen LogP contribution is 2.52. The maximum Gasteiger partial charge on any atom is 0.138 e. The van der Waals surface area contributed by atoms with Crippen LogP contribution in [0.4, 0.5) is 22.7 Å². The zero-order chi connectivity index (χ0) is 50.8. The van der Waals surface area contributed by atoms with Crippen LogP contribution >= 0.6 is 0 Å². The molecule has 0 aliphatic carbocycles. The largest absolute Gasteiger partial charge is 0.457 e. The molecule has 0 fully saturated rings. The van der Waals surface area contributed by atoms with Crippen LogP contribution < -0.4 is 14.5 Å². The first-order valence-electron chi connectivity index (χ1n) is 25.9. The highest BCUT2D eigenvalue weighted by Gasteiger charge is 2.33. The van der Waals surface area contributed by atoms with Gasteiger partial charge in [-0.1, -0.05) is 163 Å². The first kappa shape index (κ1) is 34.5. The van der Waals surface area contributed by atoms with Gasteiger partial charge in [-0.2, -0.15) is 0 Å². The topological polar surface area (TPSA) is 33.5 Å². The molecule has 0 unspecified atom stereocenters. The Morgan fingerprint density at radius 2 is 1.13 bits per heavy atom. The van der Waals surface area contributed by atoms with E-state index >= 15 is 0 Å². The third-order valence-electron chi connectivity index (χ3n) is 13.2. The molecule has 10 bridgehead atoms. The van der Waals surface area contributed by atoms with E-state index in [1.807, 2.05) is 24.3 Å². The van der Waals surface area contributed by atoms with Crippen LogP contribution in [-0.4, -0.2) is 16.2 Å². The Morgan fingerprint density at radius 1 is 0.493 bits per heavy atom. The SMILES string of the molecule is [2H]c1c2cc3c(c1[2H])c1c([2H])c([2H])c([2H])c([2H])c1n3-c1cc(C(C)(C)C)cc(n1)-c1cccc(c1)-c1ccccc1-c1cccc(-c3ccccc3)c1N1CN(c3cc(cc(C(C)(C)C)c3)O2)c2ccccc21. The third kappa shape index (κ3) is 6.96. The average Bonchev–Trinajstić information content (AvgIpc) is 3.95. The number of nitrogens with zero attached hydrogens (tertiary/aromatic N) is 4. The molecule has 10 aromatic rings. The fraction of sp³-hybridized carbons (Fsp3) is 0.145. The highest BCUT2D eigenvalue weighted by atomic mass is 16.5. The Balaban J connectivity index is 1.22. The molecule has 4 heterocycles. The van der Waals surface area contributed by atoms with Crippen molar-refractivity contribution < 1.29 is 13.0 Å². The van der Waals surface area contributed by atoms with Gasteiger partial charge in [0.1, 0.15) is 24.0 Å². The Labute approximate surface area is 401 Å². The molecule has 0 amide bonds. The molecule has 5 nitrogen and oxygen atoms in total. The molecule has 0 saturated heterocycles. The molecule has 0 radical (unpaired) electrons. The summed E-state index contributed by atoms with van der Waals surface area (Å²) in [5.41, 5.74) is 13.6. The van der Waals surface area contributed by atoms with Gasteiger partial charge in [0.25, 0.3) is 0 Å². The summed E-state index contributed by atoms with van der Waals surface area (Å²) in [4.78, 5) is 10.1. The minimum Gasteiger partial charge on any atom is -0.457 e. The Hall–Kier alpha value is -7.89. The van der Waals surface area contributed by atoms with Crippen LogP contribution in [0.2, 0.25) is 0 Å². The number of aromatic nitrogens is 2. The van der Waals surface area contributed by atoms with Crippen LogP contribution in [0.15, 0.2) is 194 Å². The molecule has 67 heavy (non-hydrogen) atoms. The van der Waals surface area contributed by atoms with Gasteiger partial charge in [-0.05, 0) is 105 Å². The number of fused-ring (bicyclic) bond motifs is 23. The summed E-state index contributed by atoms with van der Waals surface area (Å²) < 4.78 is 64.3. The first-order chi connectivity index (χ1) is 35.0. The lowest BCUT2D eigenvalue weighted by atomic mass is 9.86. The van der Waals surface area contributed by atoms with Gasteiger partial charge in [0.15, 0.2) is 0 Å². The van der Waals surface area contributed by atoms with Crippen molar-refractivity contribution in [2.24, 2.45) is 0 Å². The summed E-state index contributed by atoms with van der Waals surface area (Å²) in [5, 5.41) is 0.363. The van der Waals surface area contributed by atoms with E-state index in [4.69, 9.17) is 12.5 Å². The summed E-state index contributed by atoms with van der Waals surface area (Å²) in [7, 11) is 0. The van der Waals surface area contributed by atoms with Crippen LogP contribution in [0.25, 0.3) is 72.3 Å². The van der Waals surface area contributed by atoms with Crippen molar-refractivity contribution >= 4 is 44.6 Å². The van der Waals surface area contributed by atoms with Gasteiger partial charge in [-0.3, -0.25) is 4.57 Å². The van der Waals surface area contributed by atoms with Gasteiger partial charge < -0.3 is 14.5 Å². The summed E-state index contributed by atoms with van der Waals surface area (Å²) in [6.07, 6.45) is 0. The van der Waals surface area contributed by atoms with Crippen molar-refractivity contribution in [1.29, 1.82) is 0 Å². The van der Waals surface area contributed by atoms with Gasteiger partial charge in [-0.15, -0.1) is 0 Å². The van der Waals surface area contributed by atoms with Crippen LogP contribution in [0.3, 0.4) is 0 Å². The molecule has 0 spiro atoms. The number of para-hydroxylation sites is 4. The summed E-state index contributed by atoms with van der Waals surface area (Å²) in [6.45, 7) is 13.3. The van der Waals surface area contributed by atoms with E-state index in [-0.39, 0.29) is 57.0 Å². The van der Waals surface area contributed by atoms with Crippen molar-refractivity contribution in [3.63, 3.8) is 0 Å². The second-order valence-electron chi connectivity index (χ2n) is 19.7. The summed E-state index contributed by atoms with van der Waals surface area (Å²) in [6, 6.07) is 52.8. The maximum atomic E-state index is 9.69. The van der Waals surface area contributed by atoms with E-state index in [1.54, 1.807) is 10.6 Å². The Bertz CT molecular complexity index is 3930. The predicted molar refractivity (Wildman–Crippen MR) is 280 cm³/mol. The minimum absolute atomic E-state index is 0.0993. The van der Waals surface area contributed by atoms with E-state index in [0.29, 0.717) is 29.4 Å². The van der Waals surface area contributed by atoms with Crippen LogP contribution in [0.1, 0.15) is 60.9 Å². The Morgan fingerprint density at radius 3 is 1.94 bits per heavy atom. The second-order valence-corrected chi connectivity index (χ2v) is 19.7. The highest BCUT2D eigenvalue weighted by molar-refractivity contribution is 6.09. The molecule has 12 rings (SSSR count). The molecular formula is C62H52N4O. The number of pyridine rings is 1. The lowest BCUT2D eigenvalue weighted by Crippen LogP contribution is -2.25. The molecule has 0 N–H and O–H groups in total. The van der Waals surface area contributed by atoms with Crippen molar-refractivity contribution in [3.8, 4) is 62.0 Å². The van der Waals surface area contributed by atoms with E-state index in [2.05, 4.69) is 179 Å². The lowest BCUT2D eigenvalue weighted by molar-refractivity contribution is 0.479. The first-order valence-corrected chi connectivity index (χ1v) is 22.9. The molecule has 2 aromatic heterocycles.